The van der Waals surface area contributed by atoms with Crippen LogP contribution in [0.1, 0.15) is 32.1 Å². The monoisotopic (exact) mass is 207 g/mol. The molecule has 1 aliphatic carbocycles. The van der Waals surface area contributed by atoms with Gasteiger partial charge in [0.05, 0.1) is 0 Å². The van der Waals surface area contributed by atoms with E-state index >= 15 is 0 Å². The second-order valence-electron chi connectivity index (χ2n) is 3.50. The molecule has 78 valence electrons. The van der Waals surface area contributed by atoms with Crippen molar-refractivity contribution >= 4 is 18.4 Å². The molecule has 0 aromatic rings. The van der Waals surface area contributed by atoms with E-state index in [2.05, 4.69) is 5.32 Å². The van der Waals surface area contributed by atoms with Crippen LogP contribution in [0.4, 0.5) is 0 Å². The average Bonchev–Trinajstić information content (AvgIpc) is 2.07. The van der Waals surface area contributed by atoms with E-state index in [1.807, 2.05) is 0 Å². The van der Waals surface area contributed by atoms with Gasteiger partial charge >= 0.3 is 5.97 Å². The molecule has 13 heavy (non-hydrogen) atoms. The zero-order chi connectivity index (χ0) is 8.97. The minimum Gasteiger partial charge on any atom is -0.480 e. The van der Waals surface area contributed by atoms with Crippen molar-refractivity contribution in [3.63, 3.8) is 0 Å². The average molecular weight is 208 g/mol. The number of likely N-dealkylation sites (N-methyl/N-ethyl adjacent to an activating group) is 1. The summed E-state index contributed by atoms with van der Waals surface area (Å²) in [5.41, 5.74) is 0. The molecular formula is C9H18ClNO2. The molecule has 0 unspecified atom stereocenters. The molecule has 0 heterocycles. The molecular weight excluding hydrogens is 190 g/mol. The summed E-state index contributed by atoms with van der Waals surface area (Å²) in [7, 11) is 1.73. The third kappa shape index (κ3) is 3.53. The fourth-order valence-corrected chi connectivity index (χ4v) is 2.03. The van der Waals surface area contributed by atoms with E-state index in [9.17, 15) is 4.79 Å². The van der Waals surface area contributed by atoms with E-state index in [1.54, 1.807) is 7.05 Å². The first kappa shape index (κ1) is 12.7. The first-order valence-electron chi connectivity index (χ1n) is 4.65. The molecule has 1 rings (SSSR count). The second kappa shape index (κ2) is 6.22. The lowest BCUT2D eigenvalue weighted by molar-refractivity contribution is -0.141. The molecule has 0 aliphatic heterocycles. The van der Waals surface area contributed by atoms with Gasteiger partial charge in [0.2, 0.25) is 0 Å². The molecule has 0 saturated heterocycles. The van der Waals surface area contributed by atoms with E-state index in [4.69, 9.17) is 5.11 Å². The predicted octanol–water partition coefficient (Wildman–Crippen LogP) is 1.66. The quantitative estimate of drug-likeness (QED) is 0.740. The summed E-state index contributed by atoms with van der Waals surface area (Å²) in [4.78, 5) is 10.8. The van der Waals surface area contributed by atoms with Gasteiger partial charge in [0.25, 0.3) is 0 Å². The summed E-state index contributed by atoms with van der Waals surface area (Å²) in [5.74, 6) is -0.356. The Bertz CT molecular complexity index is 158. The minimum atomic E-state index is -0.704. The highest BCUT2D eigenvalue weighted by Crippen LogP contribution is 2.26. The molecule has 0 amide bonds. The molecule has 1 atom stereocenters. The highest BCUT2D eigenvalue weighted by atomic mass is 35.5. The van der Waals surface area contributed by atoms with Gasteiger partial charge in [0.1, 0.15) is 6.04 Å². The van der Waals surface area contributed by atoms with E-state index in [1.165, 1.54) is 19.3 Å². The summed E-state index contributed by atoms with van der Waals surface area (Å²) < 4.78 is 0. The number of aliphatic carboxylic acids is 1. The topological polar surface area (TPSA) is 49.3 Å². The van der Waals surface area contributed by atoms with Crippen LogP contribution < -0.4 is 5.32 Å². The van der Waals surface area contributed by atoms with Crippen LogP contribution in [0.5, 0.6) is 0 Å². The largest absolute Gasteiger partial charge is 0.480 e. The summed E-state index contributed by atoms with van der Waals surface area (Å²) in [6.07, 6.45) is 5.79. The second-order valence-corrected chi connectivity index (χ2v) is 3.50. The van der Waals surface area contributed by atoms with Crippen LogP contribution in [0.25, 0.3) is 0 Å². The molecule has 2 N–H and O–H groups in total. The van der Waals surface area contributed by atoms with Crippen LogP contribution in [-0.4, -0.2) is 24.2 Å². The Labute approximate surface area is 85.3 Å². The molecule has 1 fully saturated rings. The van der Waals surface area contributed by atoms with Gasteiger partial charge < -0.3 is 10.4 Å². The lowest BCUT2D eigenvalue weighted by Crippen LogP contribution is -2.41. The number of carboxylic acids is 1. The molecule has 4 heteroatoms. The first-order chi connectivity index (χ1) is 5.75. The maximum atomic E-state index is 10.8. The number of hydrogen-bond donors (Lipinski definition) is 2. The zero-order valence-electron chi connectivity index (χ0n) is 7.95. The third-order valence-corrected chi connectivity index (χ3v) is 2.70. The Morgan fingerprint density at radius 1 is 1.38 bits per heavy atom. The Kier molecular flexibility index (Phi) is 6.08. The van der Waals surface area contributed by atoms with Gasteiger partial charge in [0, 0.05) is 0 Å². The SMILES string of the molecule is CN[C@H](C(=O)O)C1CCCCC1.Cl. The highest BCUT2D eigenvalue weighted by molar-refractivity contribution is 5.85. The highest BCUT2D eigenvalue weighted by Gasteiger charge is 2.27. The van der Waals surface area contributed by atoms with Crippen LogP contribution in [0, 0.1) is 5.92 Å². The molecule has 1 aliphatic rings. The van der Waals surface area contributed by atoms with Gasteiger partial charge in [-0.2, -0.15) is 0 Å². The molecule has 0 spiro atoms. The van der Waals surface area contributed by atoms with Crippen LogP contribution in [0.2, 0.25) is 0 Å². The predicted molar refractivity (Wildman–Crippen MR) is 54.3 cm³/mol. The number of carbonyl (C=O) groups is 1. The normalized spacial score (nSPS) is 20.4. The molecule has 0 aromatic carbocycles. The minimum absolute atomic E-state index is 0. The smallest absolute Gasteiger partial charge is 0.320 e. The van der Waals surface area contributed by atoms with E-state index in [-0.39, 0.29) is 18.4 Å². The van der Waals surface area contributed by atoms with Gasteiger partial charge in [0.15, 0.2) is 0 Å². The Balaban J connectivity index is 0.00000144. The first-order valence-corrected chi connectivity index (χ1v) is 4.65. The van der Waals surface area contributed by atoms with E-state index in [0.717, 1.165) is 12.8 Å². The van der Waals surface area contributed by atoms with Crippen molar-refractivity contribution < 1.29 is 9.90 Å². The maximum absolute atomic E-state index is 10.8. The van der Waals surface area contributed by atoms with Crippen LogP contribution in [0.3, 0.4) is 0 Å². The molecule has 0 aromatic heterocycles. The van der Waals surface area contributed by atoms with Gasteiger partial charge in [-0.25, -0.2) is 0 Å². The van der Waals surface area contributed by atoms with Gasteiger partial charge in [-0.05, 0) is 25.8 Å². The summed E-state index contributed by atoms with van der Waals surface area (Å²) in [6, 6.07) is -0.328. The lowest BCUT2D eigenvalue weighted by Gasteiger charge is -2.26. The van der Waals surface area contributed by atoms with Crippen molar-refractivity contribution in [1.29, 1.82) is 0 Å². The molecule has 0 bridgehead atoms. The zero-order valence-corrected chi connectivity index (χ0v) is 8.77. The van der Waals surface area contributed by atoms with Crippen LogP contribution in [0.15, 0.2) is 0 Å². The number of hydrogen-bond acceptors (Lipinski definition) is 2. The molecule has 1 saturated carbocycles. The van der Waals surface area contributed by atoms with Gasteiger partial charge in [-0.3, -0.25) is 4.79 Å². The Hall–Kier alpha value is -0.280. The van der Waals surface area contributed by atoms with Crippen LogP contribution in [-0.2, 0) is 4.79 Å². The van der Waals surface area contributed by atoms with Crippen molar-refractivity contribution in [3.05, 3.63) is 0 Å². The van der Waals surface area contributed by atoms with Crippen molar-refractivity contribution in [1.82, 2.24) is 5.32 Å². The molecule has 3 nitrogen and oxygen atoms in total. The number of halogens is 1. The van der Waals surface area contributed by atoms with Crippen LogP contribution >= 0.6 is 12.4 Å². The Morgan fingerprint density at radius 2 is 1.92 bits per heavy atom. The number of rotatable bonds is 3. The standard InChI is InChI=1S/C9H17NO2.ClH/c1-10-8(9(11)12)7-5-3-2-4-6-7;/h7-8,10H,2-6H2,1H3,(H,11,12);1H/t8-;/m0./s1. The maximum Gasteiger partial charge on any atom is 0.320 e. The van der Waals surface area contributed by atoms with Crippen molar-refractivity contribution in [2.75, 3.05) is 7.05 Å². The summed E-state index contributed by atoms with van der Waals surface area (Å²) in [5, 5.41) is 11.7. The van der Waals surface area contributed by atoms with Gasteiger partial charge in [-0.15, -0.1) is 12.4 Å². The Morgan fingerprint density at radius 3 is 2.31 bits per heavy atom. The van der Waals surface area contributed by atoms with E-state index in [0.29, 0.717) is 5.92 Å². The number of carboxylic acid groups (broad SMARTS) is 1. The van der Waals surface area contributed by atoms with E-state index < -0.39 is 5.97 Å². The van der Waals surface area contributed by atoms with Gasteiger partial charge in [-0.1, -0.05) is 19.3 Å². The lowest BCUT2D eigenvalue weighted by atomic mass is 9.84. The molecule has 0 radical (unpaired) electrons. The van der Waals surface area contributed by atoms with Crippen molar-refractivity contribution in [2.45, 2.75) is 38.1 Å². The third-order valence-electron chi connectivity index (χ3n) is 2.70. The van der Waals surface area contributed by atoms with Crippen molar-refractivity contribution in [3.8, 4) is 0 Å². The number of nitrogens with one attached hydrogen (secondary N) is 1. The van der Waals surface area contributed by atoms with Crippen molar-refractivity contribution in [2.24, 2.45) is 5.92 Å². The summed E-state index contributed by atoms with van der Waals surface area (Å²) >= 11 is 0. The summed E-state index contributed by atoms with van der Waals surface area (Å²) in [6.45, 7) is 0. The fourth-order valence-electron chi connectivity index (χ4n) is 2.03. The fraction of sp³-hybridized carbons (Fsp3) is 0.889.